The number of benzene rings is 1. The van der Waals surface area contributed by atoms with Crippen LogP contribution in [0.4, 0.5) is 11.5 Å². The highest BCUT2D eigenvalue weighted by molar-refractivity contribution is 6.07. The molecule has 0 aliphatic carbocycles. The Morgan fingerprint density at radius 2 is 1.90 bits per heavy atom. The molecule has 5 rings (SSSR count). The average Bonchev–Trinajstić information content (AvgIpc) is 3.27. The van der Waals surface area contributed by atoms with Crippen molar-refractivity contribution in [1.29, 1.82) is 0 Å². The fourth-order valence-corrected chi connectivity index (χ4v) is 4.64. The van der Waals surface area contributed by atoms with E-state index in [0.29, 0.717) is 12.5 Å². The highest BCUT2D eigenvalue weighted by Crippen LogP contribution is 2.41. The standard InChI is InChI=1S/C22H25N7O/c1-4-22-15-26(2)12-13-29(22)19-17(27(3)20(22)30)14-24-21(25-19)28-11-10-23-18(28)16-8-6-5-7-9-16/h5-11,14H,4,12-13,15H2,1-3H3/t22-/m0/s1. The van der Waals surface area contributed by atoms with Crippen LogP contribution in [0.3, 0.4) is 0 Å². The summed E-state index contributed by atoms with van der Waals surface area (Å²) in [6, 6.07) is 10.0. The molecule has 8 nitrogen and oxygen atoms in total. The molecule has 8 heteroatoms. The molecule has 1 amide bonds. The van der Waals surface area contributed by atoms with Gasteiger partial charge in [0.05, 0.1) is 6.20 Å². The van der Waals surface area contributed by atoms with Crippen LogP contribution >= 0.6 is 0 Å². The van der Waals surface area contributed by atoms with Crippen LogP contribution in [0.25, 0.3) is 17.3 Å². The lowest BCUT2D eigenvalue weighted by Gasteiger charge is -2.53. The lowest BCUT2D eigenvalue weighted by Crippen LogP contribution is -2.70. The van der Waals surface area contributed by atoms with Crippen LogP contribution < -0.4 is 9.80 Å². The van der Waals surface area contributed by atoms with Crippen molar-refractivity contribution >= 4 is 17.4 Å². The second-order valence-corrected chi connectivity index (χ2v) is 8.00. The molecule has 1 fully saturated rings. The van der Waals surface area contributed by atoms with Gasteiger partial charge in [0.15, 0.2) is 5.82 Å². The number of nitrogens with zero attached hydrogens (tertiary/aromatic N) is 7. The van der Waals surface area contributed by atoms with Crippen molar-refractivity contribution in [3.05, 3.63) is 48.9 Å². The molecule has 3 aromatic rings. The zero-order valence-electron chi connectivity index (χ0n) is 17.5. The van der Waals surface area contributed by atoms with Crippen LogP contribution in [0.15, 0.2) is 48.9 Å². The highest BCUT2D eigenvalue weighted by Gasteiger charge is 2.52. The zero-order valence-corrected chi connectivity index (χ0v) is 17.5. The van der Waals surface area contributed by atoms with Crippen molar-refractivity contribution in [2.24, 2.45) is 0 Å². The van der Waals surface area contributed by atoms with E-state index < -0.39 is 5.54 Å². The van der Waals surface area contributed by atoms with Crippen LogP contribution in [-0.4, -0.2) is 69.6 Å². The quantitative estimate of drug-likeness (QED) is 0.668. The van der Waals surface area contributed by atoms with Gasteiger partial charge in [-0.15, -0.1) is 0 Å². The van der Waals surface area contributed by atoms with Gasteiger partial charge in [-0.1, -0.05) is 37.3 Å². The van der Waals surface area contributed by atoms with E-state index in [0.717, 1.165) is 42.4 Å². The molecule has 2 aliphatic heterocycles. The maximum absolute atomic E-state index is 13.4. The molecule has 154 valence electrons. The monoisotopic (exact) mass is 403 g/mol. The maximum atomic E-state index is 13.4. The van der Waals surface area contributed by atoms with Gasteiger partial charge in [0.1, 0.15) is 17.1 Å². The van der Waals surface area contributed by atoms with E-state index in [1.54, 1.807) is 17.3 Å². The Labute approximate surface area is 175 Å². The number of anilines is 2. The van der Waals surface area contributed by atoms with E-state index in [2.05, 4.69) is 33.7 Å². The van der Waals surface area contributed by atoms with Crippen molar-refractivity contribution in [1.82, 2.24) is 24.4 Å². The third-order valence-corrected chi connectivity index (χ3v) is 6.28. The van der Waals surface area contributed by atoms with E-state index in [-0.39, 0.29) is 5.91 Å². The van der Waals surface area contributed by atoms with Gasteiger partial charge in [-0.25, -0.2) is 9.97 Å². The van der Waals surface area contributed by atoms with Crippen molar-refractivity contribution in [2.45, 2.75) is 18.9 Å². The van der Waals surface area contributed by atoms with Gasteiger partial charge in [-0.05, 0) is 13.5 Å². The van der Waals surface area contributed by atoms with Crippen LogP contribution in [0.5, 0.6) is 0 Å². The van der Waals surface area contributed by atoms with Gasteiger partial charge in [-0.3, -0.25) is 9.36 Å². The molecule has 1 aromatic carbocycles. The normalized spacial score (nSPS) is 21.5. The molecule has 1 atom stereocenters. The number of carbonyl (C=O) groups excluding carboxylic acids is 1. The molecular weight excluding hydrogens is 378 g/mol. The summed E-state index contributed by atoms with van der Waals surface area (Å²) in [6.45, 7) is 4.40. The predicted octanol–water partition coefficient (Wildman–Crippen LogP) is 2.21. The minimum Gasteiger partial charge on any atom is -0.338 e. The Hall–Kier alpha value is -3.26. The largest absolute Gasteiger partial charge is 0.338 e. The van der Waals surface area contributed by atoms with Gasteiger partial charge < -0.3 is 14.7 Å². The molecule has 30 heavy (non-hydrogen) atoms. The van der Waals surface area contributed by atoms with Gasteiger partial charge in [0.2, 0.25) is 5.95 Å². The number of hydrogen-bond acceptors (Lipinski definition) is 6. The average molecular weight is 403 g/mol. The second kappa shape index (κ2) is 6.91. The van der Waals surface area contributed by atoms with E-state index >= 15 is 0 Å². The van der Waals surface area contributed by atoms with Crippen molar-refractivity contribution < 1.29 is 4.79 Å². The summed E-state index contributed by atoms with van der Waals surface area (Å²) in [7, 11) is 3.89. The summed E-state index contributed by atoms with van der Waals surface area (Å²) in [5.41, 5.74) is 1.15. The molecule has 0 spiro atoms. The van der Waals surface area contributed by atoms with Crippen molar-refractivity contribution in [2.75, 3.05) is 43.5 Å². The number of fused-ring (bicyclic) bond motifs is 3. The molecule has 0 saturated carbocycles. The minimum absolute atomic E-state index is 0.105. The van der Waals surface area contributed by atoms with Crippen LogP contribution in [0, 0.1) is 0 Å². The number of carbonyl (C=O) groups is 1. The summed E-state index contributed by atoms with van der Waals surface area (Å²) < 4.78 is 1.90. The number of hydrogen-bond donors (Lipinski definition) is 0. The SMILES string of the molecule is CC[C@@]12CN(C)CCN1c1nc(-n3ccnc3-c3ccccc3)ncc1N(C)C2=O. The van der Waals surface area contributed by atoms with Crippen LogP contribution in [0.2, 0.25) is 0 Å². The number of rotatable bonds is 3. The Bertz CT molecular complexity index is 1100. The van der Waals surface area contributed by atoms with Gasteiger partial charge in [0, 0.05) is 44.6 Å². The van der Waals surface area contributed by atoms with E-state index in [1.807, 2.05) is 48.1 Å². The smallest absolute Gasteiger partial charge is 0.254 e. The van der Waals surface area contributed by atoms with Gasteiger partial charge in [-0.2, -0.15) is 4.98 Å². The second-order valence-electron chi connectivity index (χ2n) is 8.00. The Morgan fingerprint density at radius 1 is 1.10 bits per heavy atom. The third-order valence-electron chi connectivity index (χ3n) is 6.28. The third kappa shape index (κ3) is 2.64. The molecule has 1 saturated heterocycles. The molecule has 0 radical (unpaired) electrons. The number of aromatic nitrogens is 4. The van der Waals surface area contributed by atoms with Crippen molar-refractivity contribution in [3.63, 3.8) is 0 Å². The predicted molar refractivity (Wildman–Crippen MR) is 116 cm³/mol. The van der Waals surface area contributed by atoms with Crippen LogP contribution in [-0.2, 0) is 4.79 Å². The van der Waals surface area contributed by atoms with E-state index in [1.165, 1.54) is 0 Å². The molecule has 0 bridgehead atoms. The van der Waals surface area contributed by atoms with E-state index in [4.69, 9.17) is 4.98 Å². The summed E-state index contributed by atoms with van der Waals surface area (Å²) in [5.74, 6) is 2.26. The number of piperazine rings is 1. The summed E-state index contributed by atoms with van der Waals surface area (Å²) in [5, 5.41) is 0. The number of imidazole rings is 1. The Kier molecular flexibility index (Phi) is 4.32. The fourth-order valence-electron chi connectivity index (χ4n) is 4.64. The molecular formula is C22H25N7O. The van der Waals surface area contributed by atoms with Crippen molar-refractivity contribution in [3.8, 4) is 17.3 Å². The zero-order chi connectivity index (χ0) is 20.9. The first-order valence-electron chi connectivity index (χ1n) is 10.3. The highest BCUT2D eigenvalue weighted by atomic mass is 16.2. The topological polar surface area (TPSA) is 70.4 Å². The molecule has 2 aliphatic rings. The molecule has 0 unspecified atom stereocenters. The summed E-state index contributed by atoms with van der Waals surface area (Å²) in [6.07, 6.45) is 6.10. The maximum Gasteiger partial charge on any atom is 0.254 e. The number of likely N-dealkylation sites (N-methyl/N-ethyl adjacent to an activating group) is 2. The molecule has 2 aromatic heterocycles. The summed E-state index contributed by atoms with van der Waals surface area (Å²) in [4.78, 5) is 33.6. The Morgan fingerprint density at radius 3 is 2.67 bits per heavy atom. The van der Waals surface area contributed by atoms with Crippen LogP contribution in [0.1, 0.15) is 13.3 Å². The lowest BCUT2D eigenvalue weighted by atomic mass is 9.87. The van der Waals surface area contributed by atoms with Gasteiger partial charge in [0.25, 0.3) is 5.91 Å². The molecule has 4 heterocycles. The molecule has 0 N–H and O–H groups in total. The first-order chi connectivity index (χ1) is 14.5. The number of amides is 1. The van der Waals surface area contributed by atoms with E-state index in [9.17, 15) is 4.79 Å². The fraction of sp³-hybridized carbons (Fsp3) is 0.364. The first-order valence-corrected chi connectivity index (χ1v) is 10.3. The minimum atomic E-state index is -0.600. The van der Waals surface area contributed by atoms with Gasteiger partial charge >= 0.3 is 0 Å². The first kappa shape index (κ1) is 18.7. The summed E-state index contributed by atoms with van der Waals surface area (Å²) >= 11 is 0. The lowest BCUT2D eigenvalue weighted by molar-refractivity contribution is -0.125. The Balaban J connectivity index is 1.64.